The van der Waals surface area contributed by atoms with Crippen molar-refractivity contribution in [2.75, 3.05) is 6.61 Å². The zero-order chi connectivity index (χ0) is 14.5. The number of carboxylic acids is 1. The van der Waals surface area contributed by atoms with Crippen molar-refractivity contribution in [1.82, 2.24) is 0 Å². The molecular formula is C15H20O4. The van der Waals surface area contributed by atoms with Gasteiger partial charge in [-0.1, -0.05) is 44.2 Å². The largest absolute Gasteiger partial charge is 0.481 e. The minimum atomic E-state index is -1.16. The molecule has 1 unspecified atom stereocenters. The van der Waals surface area contributed by atoms with Crippen molar-refractivity contribution in [1.29, 1.82) is 0 Å². The fourth-order valence-electron chi connectivity index (χ4n) is 2.20. The van der Waals surface area contributed by atoms with E-state index in [1.54, 1.807) is 20.8 Å². The monoisotopic (exact) mass is 264 g/mol. The average molecular weight is 264 g/mol. The van der Waals surface area contributed by atoms with Crippen LogP contribution in [0.4, 0.5) is 0 Å². The van der Waals surface area contributed by atoms with Crippen molar-refractivity contribution >= 4 is 11.9 Å². The number of carboxylic acid groups (broad SMARTS) is 1. The van der Waals surface area contributed by atoms with Crippen LogP contribution in [0.5, 0.6) is 0 Å². The lowest BCUT2D eigenvalue weighted by molar-refractivity contribution is -0.164. The number of hydrogen-bond donors (Lipinski definition) is 1. The van der Waals surface area contributed by atoms with Gasteiger partial charge in [0.15, 0.2) is 5.92 Å². The summed E-state index contributed by atoms with van der Waals surface area (Å²) in [4.78, 5) is 23.2. The van der Waals surface area contributed by atoms with Crippen molar-refractivity contribution in [2.45, 2.75) is 27.2 Å². The van der Waals surface area contributed by atoms with Gasteiger partial charge < -0.3 is 9.84 Å². The standard InChI is InChI=1S/C15H20O4/c1-4-19-14(18)12(13(16)17)15(2,3)10-11-8-6-5-7-9-11/h5-9,12H,4,10H2,1-3H3,(H,16,17). The predicted octanol–water partition coefficient (Wildman–Crippen LogP) is 2.52. The molecule has 0 saturated carbocycles. The molecule has 4 heteroatoms. The Labute approximate surface area is 113 Å². The first-order chi connectivity index (χ1) is 8.88. The van der Waals surface area contributed by atoms with Crippen LogP contribution >= 0.6 is 0 Å². The van der Waals surface area contributed by atoms with Crippen LogP contribution in [0.25, 0.3) is 0 Å². The van der Waals surface area contributed by atoms with E-state index in [1.165, 1.54) is 0 Å². The minimum absolute atomic E-state index is 0.185. The molecule has 1 aromatic carbocycles. The molecule has 0 spiro atoms. The van der Waals surface area contributed by atoms with Gasteiger partial charge in [-0.25, -0.2) is 0 Å². The highest BCUT2D eigenvalue weighted by Crippen LogP contribution is 2.32. The zero-order valence-corrected chi connectivity index (χ0v) is 11.6. The first-order valence-electron chi connectivity index (χ1n) is 6.32. The molecular weight excluding hydrogens is 244 g/mol. The van der Waals surface area contributed by atoms with Crippen LogP contribution < -0.4 is 0 Å². The molecule has 4 nitrogen and oxygen atoms in total. The lowest BCUT2D eigenvalue weighted by Gasteiger charge is -2.29. The van der Waals surface area contributed by atoms with Crippen LogP contribution in [0.15, 0.2) is 30.3 Å². The van der Waals surface area contributed by atoms with Crippen molar-refractivity contribution in [2.24, 2.45) is 11.3 Å². The minimum Gasteiger partial charge on any atom is -0.481 e. The van der Waals surface area contributed by atoms with Crippen LogP contribution in [-0.2, 0) is 20.7 Å². The molecule has 0 saturated heterocycles. The Balaban J connectivity index is 2.93. The van der Waals surface area contributed by atoms with Crippen molar-refractivity contribution in [3.63, 3.8) is 0 Å². The van der Waals surface area contributed by atoms with Crippen molar-refractivity contribution in [3.8, 4) is 0 Å². The second-order valence-electron chi connectivity index (χ2n) is 5.17. The molecule has 0 aliphatic rings. The second-order valence-corrected chi connectivity index (χ2v) is 5.17. The lowest BCUT2D eigenvalue weighted by atomic mass is 9.74. The fraction of sp³-hybridized carbons (Fsp3) is 0.467. The van der Waals surface area contributed by atoms with E-state index in [-0.39, 0.29) is 6.61 Å². The summed E-state index contributed by atoms with van der Waals surface area (Å²) in [7, 11) is 0. The van der Waals surface area contributed by atoms with E-state index in [4.69, 9.17) is 4.74 Å². The quantitative estimate of drug-likeness (QED) is 0.633. The highest BCUT2D eigenvalue weighted by molar-refractivity contribution is 5.94. The topological polar surface area (TPSA) is 63.6 Å². The molecule has 0 radical (unpaired) electrons. The molecule has 0 aromatic heterocycles. The van der Waals surface area contributed by atoms with Gasteiger partial charge in [0.2, 0.25) is 0 Å². The van der Waals surface area contributed by atoms with E-state index >= 15 is 0 Å². The first kappa shape index (κ1) is 15.2. The molecule has 0 heterocycles. The van der Waals surface area contributed by atoms with Gasteiger partial charge in [0.25, 0.3) is 0 Å². The lowest BCUT2D eigenvalue weighted by Crippen LogP contribution is -2.39. The van der Waals surface area contributed by atoms with E-state index in [9.17, 15) is 14.7 Å². The molecule has 0 bridgehead atoms. The number of esters is 1. The van der Waals surface area contributed by atoms with E-state index in [0.717, 1.165) is 5.56 Å². The third-order valence-corrected chi connectivity index (χ3v) is 3.05. The maximum absolute atomic E-state index is 11.8. The van der Waals surface area contributed by atoms with Gasteiger partial charge in [0.1, 0.15) is 0 Å². The summed E-state index contributed by atoms with van der Waals surface area (Å²) in [5, 5.41) is 9.28. The van der Waals surface area contributed by atoms with Gasteiger partial charge in [-0.3, -0.25) is 9.59 Å². The Kier molecular flexibility index (Phi) is 5.10. The third kappa shape index (κ3) is 4.09. The maximum atomic E-state index is 11.8. The van der Waals surface area contributed by atoms with Crippen molar-refractivity contribution < 1.29 is 19.4 Å². The molecule has 0 aliphatic carbocycles. The predicted molar refractivity (Wildman–Crippen MR) is 71.7 cm³/mol. The second kappa shape index (κ2) is 6.36. The number of ether oxygens (including phenoxy) is 1. The summed E-state index contributed by atoms with van der Waals surface area (Å²) in [5.74, 6) is -2.97. The smallest absolute Gasteiger partial charge is 0.320 e. The Morgan fingerprint density at radius 3 is 2.32 bits per heavy atom. The number of aliphatic carboxylic acids is 1. The number of rotatable bonds is 6. The molecule has 19 heavy (non-hydrogen) atoms. The fourth-order valence-corrected chi connectivity index (χ4v) is 2.20. The van der Waals surface area contributed by atoms with Crippen LogP contribution in [0, 0.1) is 11.3 Å². The molecule has 0 fully saturated rings. The molecule has 1 aromatic rings. The highest BCUT2D eigenvalue weighted by Gasteiger charge is 2.42. The maximum Gasteiger partial charge on any atom is 0.320 e. The summed E-state index contributed by atoms with van der Waals surface area (Å²) < 4.78 is 4.87. The Hall–Kier alpha value is -1.84. The number of hydrogen-bond acceptors (Lipinski definition) is 3. The van der Waals surface area contributed by atoms with Crippen LogP contribution in [-0.4, -0.2) is 23.7 Å². The molecule has 0 aliphatic heterocycles. The number of benzene rings is 1. The van der Waals surface area contributed by atoms with E-state index < -0.39 is 23.3 Å². The summed E-state index contributed by atoms with van der Waals surface area (Å²) >= 11 is 0. The van der Waals surface area contributed by atoms with Gasteiger partial charge in [-0.2, -0.15) is 0 Å². The van der Waals surface area contributed by atoms with Crippen molar-refractivity contribution in [3.05, 3.63) is 35.9 Å². The van der Waals surface area contributed by atoms with Crippen LogP contribution in [0.3, 0.4) is 0 Å². The third-order valence-electron chi connectivity index (χ3n) is 3.05. The van der Waals surface area contributed by atoms with E-state index in [1.807, 2.05) is 30.3 Å². The molecule has 1 N–H and O–H groups in total. The van der Waals surface area contributed by atoms with Crippen LogP contribution in [0.1, 0.15) is 26.3 Å². The van der Waals surface area contributed by atoms with E-state index in [0.29, 0.717) is 6.42 Å². The van der Waals surface area contributed by atoms with Gasteiger partial charge in [-0.15, -0.1) is 0 Å². The zero-order valence-electron chi connectivity index (χ0n) is 11.6. The first-order valence-corrected chi connectivity index (χ1v) is 6.32. The molecule has 1 atom stereocenters. The SMILES string of the molecule is CCOC(=O)C(C(=O)O)C(C)(C)Cc1ccccc1. The van der Waals surface area contributed by atoms with Gasteiger partial charge in [-0.05, 0) is 24.3 Å². The number of carbonyl (C=O) groups is 2. The Morgan fingerprint density at radius 2 is 1.84 bits per heavy atom. The molecule has 0 amide bonds. The average Bonchev–Trinajstić information content (AvgIpc) is 2.28. The Morgan fingerprint density at radius 1 is 1.26 bits per heavy atom. The highest BCUT2D eigenvalue weighted by atomic mass is 16.5. The van der Waals surface area contributed by atoms with Crippen LogP contribution in [0.2, 0.25) is 0 Å². The summed E-state index contributed by atoms with van der Waals surface area (Å²) in [6.07, 6.45) is 0.504. The summed E-state index contributed by atoms with van der Waals surface area (Å²) in [6.45, 7) is 5.40. The van der Waals surface area contributed by atoms with Gasteiger partial charge in [0.05, 0.1) is 6.61 Å². The van der Waals surface area contributed by atoms with E-state index in [2.05, 4.69) is 0 Å². The number of carbonyl (C=O) groups excluding carboxylic acids is 1. The summed E-state index contributed by atoms with van der Waals surface area (Å²) in [6, 6.07) is 9.53. The Bertz CT molecular complexity index is 437. The summed E-state index contributed by atoms with van der Waals surface area (Å²) in [5.41, 5.74) is 0.294. The molecule has 1 rings (SSSR count). The molecule has 104 valence electrons. The normalized spacial score (nSPS) is 12.8. The van der Waals surface area contributed by atoms with Gasteiger partial charge in [0, 0.05) is 0 Å². The van der Waals surface area contributed by atoms with Gasteiger partial charge >= 0.3 is 11.9 Å².